The maximum Gasteiger partial charge on any atom is 0.259 e. The lowest BCUT2D eigenvalue weighted by molar-refractivity contribution is 0.101. The number of phenolic OH excluding ortho intramolecular Hbond substituents is 2. The first-order valence-electron chi connectivity index (χ1n) is 19.8. The SMILES string of the molecule is Cc1cc(-c2nnc(-c3ccc(N=Nc4c(O)c(C(=O)Nc5ccccc5)cc5ccccc45)c(C)c3)o2)ccc1N=Nc1c(O)c(C(=O)Nc2ccccc2)cc2ccccc12. The second-order valence-electron chi connectivity index (χ2n) is 14.6. The van der Waals surface area contributed by atoms with E-state index in [2.05, 4.69) is 41.3 Å². The summed E-state index contributed by atoms with van der Waals surface area (Å²) in [5.74, 6) is -0.940. The van der Waals surface area contributed by atoms with Crippen LogP contribution in [0.1, 0.15) is 31.8 Å². The van der Waals surface area contributed by atoms with Gasteiger partial charge in [0, 0.05) is 33.3 Å². The van der Waals surface area contributed by atoms with E-state index >= 15 is 0 Å². The molecule has 1 aromatic heterocycles. The van der Waals surface area contributed by atoms with Crippen LogP contribution in [0.4, 0.5) is 34.1 Å². The number of rotatable bonds is 10. The molecule has 0 saturated carbocycles. The normalized spacial score (nSPS) is 11.5. The van der Waals surface area contributed by atoms with Crippen molar-refractivity contribution in [2.24, 2.45) is 20.5 Å². The molecule has 9 rings (SSSR count). The zero-order chi connectivity index (χ0) is 43.5. The molecule has 9 aromatic rings. The topological polar surface area (TPSA) is 187 Å². The van der Waals surface area contributed by atoms with Crippen molar-refractivity contribution in [2.45, 2.75) is 13.8 Å². The van der Waals surface area contributed by atoms with Gasteiger partial charge in [0.1, 0.15) is 11.4 Å². The average Bonchev–Trinajstić information content (AvgIpc) is 3.80. The molecule has 4 N–H and O–H groups in total. The molecular weight excluding hydrogens is 793 g/mol. The van der Waals surface area contributed by atoms with Gasteiger partial charge in [-0.15, -0.1) is 20.4 Å². The highest BCUT2D eigenvalue weighted by Gasteiger charge is 2.21. The molecule has 0 radical (unpaired) electrons. The summed E-state index contributed by atoms with van der Waals surface area (Å²) in [4.78, 5) is 26.5. The van der Waals surface area contributed by atoms with Crippen molar-refractivity contribution >= 4 is 67.5 Å². The molecule has 0 spiro atoms. The quantitative estimate of drug-likeness (QED) is 0.0987. The second-order valence-corrected chi connectivity index (χ2v) is 14.6. The fourth-order valence-corrected chi connectivity index (χ4v) is 7.09. The predicted octanol–water partition coefficient (Wildman–Crippen LogP) is 13.1. The number of carbonyl (C=O) groups is 2. The van der Waals surface area contributed by atoms with Gasteiger partial charge in [-0.1, -0.05) is 84.9 Å². The van der Waals surface area contributed by atoms with E-state index in [0.717, 1.165) is 21.9 Å². The highest BCUT2D eigenvalue weighted by Crippen LogP contribution is 2.42. The maximum atomic E-state index is 13.3. The highest BCUT2D eigenvalue weighted by molar-refractivity contribution is 6.13. The molecule has 13 nitrogen and oxygen atoms in total. The molecule has 0 atom stereocenters. The van der Waals surface area contributed by atoms with Gasteiger partial charge in [0.05, 0.1) is 22.5 Å². The van der Waals surface area contributed by atoms with Crippen LogP contribution in [0, 0.1) is 13.8 Å². The van der Waals surface area contributed by atoms with E-state index in [-0.39, 0.29) is 45.8 Å². The minimum atomic E-state index is -0.475. The van der Waals surface area contributed by atoms with Gasteiger partial charge in [0.25, 0.3) is 11.8 Å². The summed E-state index contributed by atoms with van der Waals surface area (Å²) >= 11 is 0. The number of azo groups is 2. The van der Waals surface area contributed by atoms with Crippen molar-refractivity contribution in [3.8, 4) is 34.4 Å². The lowest BCUT2D eigenvalue weighted by Crippen LogP contribution is -2.12. The third kappa shape index (κ3) is 8.21. The third-order valence-corrected chi connectivity index (χ3v) is 10.4. The number of nitrogens with zero attached hydrogens (tertiary/aromatic N) is 6. The Balaban J connectivity index is 0.937. The van der Waals surface area contributed by atoms with Crippen LogP contribution in [0.25, 0.3) is 44.5 Å². The van der Waals surface area contributed by atoms with Crippen LogP contribution in [0.15, 0.2) is 183 Å². The minimum absolute atomic E-state index is 0.0710. The first-order valence-corrected chi connectivity index (χ1v) is 19.8. The standard InChI is InChI=1S/C50H36N8O5/c1-29-25-33(21-23-41(29)53-55-43-37-19-11-9-13-31(37)27-39(45(43)59)47(61)51-35-15-5-3-6-16-35)49-57-58-50(63-49)34-22-24-42(30(2)26-34)54-56-44-38-20-12-10-14-32(38)28-40(46(44)60)48(62)52-36-17-7-4-8-18-36/h3-28,59-60H,1-2H3,(H,51,61)(H,52,62). The predicted molar refractivity (Wildman–Crippen MR) is 243 cm³/mol. The number of aromatic nitrogens is 2. The number of nitrogens with one attached hydrogen (secondary N) is 2. The van der Waals surface area contributed by atoms with Gasteiger partial charge in [0.2, 0.25) is 11.8 Å². The van der Waals surface area contributed by atoms with Crippen LogP contribution in [-0.2, 0) is 0 Å². The molecule has 8 aromatic carbocycles. The first kappa shape index (κ1) is 39.6. The molecule has 1 heterocycles. The van der Waals surface area contributed by atoms with Crippen molar-refractivity contribution in [3.05, 3.63) is 180 Å². The zero-order valence-electron chi connectivity index (χ0n) is 33.8. The fourth-order valence-electron chi connectivity index (χ4n) is 7.09. The number of anilines is 2. The summed E-state index contributed by atoms with van der Waals surface area (Å²) in [6.07, 6.45) is 0. The number of benzene rings is 8. The molecule has 13 heteroatoms. The van der Waals surface area contributed by atoms with Gasteiger partial charge in [-0.25, -0.2) is 0 Å². The number of aryl methyl sites for hydroxylation is 2. The van der Waals surface area contributed by atoms with Gasteiger partial charge in [-0.05, 0) is 109 Å². The summed E-state index contributed by atoms with van der Waals surface area (Å²) in [6, 6.07) is 46.7. The third-order valence-electron chi connectivity index (χ3n) is 10.4. The van der Waals surface area contributed by atoms with Crippen molar-refractivity contribution in [3.63, 3.8) is 0 Å². The molecule has 63 heavy (non-hydrogen) atoms. The Labute approximate surface area is 360 Å². The molecule has 0 unspecified atom stereocenters. The molecule has 0 bridgehead atoms. The number of fused-ring (bicyclic) bond motifs is 2. The molecule has 0 aliphatic rings. The number of para-hydroxylation sites is 2. The van der Waals surface area contributed by atoms with Crippen LogP contribution >= 0.6 is 0 Å². The first-order chi connectivity index (χ1) is 30.7. The van der Waals surface area contributed by atoms with Gasteiger partial charge >= 0.3 is 0 Å². The Kier molecular flexibility index (Phi) is 10.7. The van der Waals surface area contributed by atoms with Crippen molar-refractivity contribution in [1.82, 2.24) is 10.2 Å². The summed E-state index contributed by atoms with van der Waals surface area (Å²) in [5, 5.41) is 57.4. The van der Waals surface area contributed by atoms with E-state index in [4.69, 9.17) is 4.42 Å². The Morgan fingerprint density at radius 2 is 0.889 bits per heavy atom. The summed E-state index contributed by atoms with van der Waals surface area (Å²) in [7, 11) is 0. The number of carbonyl (C=O) groups excluding carboxylic acids is 2. The van der Waals surface area contributed by atoms with E-state index in [1.54, 1.807) is 60.7 Å². The largest absolute Gasteiger partial charge is 0.505 e. The van der Waals surface area contributed by atoms with E-state index in [9.17, 15) is 19.8 Å². The van der Waals surface area contributed by atoms with E-state index in [1.165, 1.54) is 0 Å². The van der Waals surface area contributed by atoms with Gasteiger partial charge in [-0.3, -0.25) is 9.59 Å². The monoisotopic (exact) mass is 828 g/mol. The number of phenols is 2. The minimum Gasteiger partial charge on any atom is -0.505 e. The molecule has 0 saturated heterocycles. The summed E-state index contributed by atoms with van der Waals surface area (Å²) < 4.78 is 6.12. The number of amides is 2. The van der Waals surface area contributed by atoms with Crippen molar-refractivity contribution < 1.29 is 24.2 Å². The lowest BCUT2D eigenvalue weighted by atomic mass is 10.0. The smallest absolute Gasteiger partial charge is 0.259 e. The fraction of sp³-hybridized carbons (Fsp3) is 0.0400. The summed E-state index contributed by atoms with van der Waals surface area (Å²) in [5.41, 5.74) is 5.56. The van der Waals surface area contributed by atoms with E-state index in [0.29, 0.717) is 44.6 Å². The Morgan fingerprint density at radius 1 is 0.492 bits per heavy atom. The zero-order valence-corrected chi connectivity index (χ0v) is 33.8. The van der Waals surface area contributed by atoms with E-state index in [1.807, 2.05) is 111 Å². The van der Waals surface area contributed by atoms with Crippen LogP contribution in [0.5, 0.6) is 11.5 Å². The molecule has 306 valence electrons. The summed E-state index contributed by atoms with van der Waals surface area (Å²) in [6.45, 7) is 3.73. The maximum absolute atomic E-state index is 13.3. The molecule has 0 aliphatic carbocycles. The highest BCUT2D eigenvalue weighted by atomic mass is 16.4. The van der Waals surface area contributed by atoms with Crippen LogP contribution < -0.4 is 10.6 Å². The van der Waals surface area contributed by atoms with Crippen molar-refractivity contribution in [1.29, 1.82) is 0 Å². The molecular formula is C50H36N8O5. The Bertz CT molecular complexity index is 3060. The second kappa shape index (κ2) is 17.0. The van der Waals surface area contributed by atoms with Gasteiger partial charge in [0.15, 0.2) is 11.5 Å². The van der Waals surface area contributed by atoms with E-state index < -0.39 is 11.8 Å². The van der Waals surface area contributed by atoms with Gasteiger partial charge in [-0.2, -0.15) is 10.2 Å². The number of hydrogen-bond donors (Lipinski definition) is 4. The Hall–Kier alpha value is -8.84. The van der Waals surface area contributed by atoms with Crippen LogP contribution in [-0.4, -0.2) is 32.2 Å². The van der Waals surface area contributed by atoms with Gasteiger partial charge < -0.3 is 25.3 Å². The number of hydrogen-bond acceptors (Lipinski definition) is 11. The molecule has 0 aliphatic heterocycles. The molecule has 2 amide bonds. The molecule has 0 fully saturated rings. The average molecular weight is 829 g/mol. The van der Waals surface area contributed by atoms with Crippen LogP contribution in [0.2, 0.25) is 0 Å². The van der Waals surface area contributed by atoms with Crippen LogP contribution in [0.3, 0.4) is 0 Å². The lowest BCUT2D eigenvalue weighted by Gasteiger charge is -2.11. The van der Waals surface area contributed by atoms with Crippen molar-refractivity contribution in [2.75, 3.05) is 10.6 Å². The number of aromatic hydroxyl groups is 2. The Morgan fingerprint density at radius 3 is 1.30 bits per heavy atom.